The van der Waals surface area contributed by atoms with Gasteiger partial charge in [0.05, 0.1) is 16.4 Å². The molecule has 2 aromatic carbocycles. The summed E-state index contributed by atoms with van der Waals surface area (Å²) in [6.07, 6.45) is 0. The molecule has 7 nitrogen and oxygen atoms in total. The first-order chi connectivity index (χ1) is 11.5. The molecule has 1 aliphatic heterocycles. The number of halogens is 1. The van der Waals surface area contributed by atoms with E-state index in [0.717, 1.165) is 24.5 Å². The molecule has 3 rings (SSSR count). The number of anilines is 3. The number of imide groups is 1. The van der Waals surface area contributed by atoms with Gasteiger partial charge in [0.25, 0.3) is 5.91 Å². The second-order valence-corrected chi connectivity index (χ2v) is 5.60. The minimum Gasteiger partial charge on any atom is -0.506 e. The number of hydrogen-bond donors (Lipinski definition) is 5. The average molecular weight is 347 g/mol. The monoisotopic (exact) mass is 346 g/mol. The Kier molecular flexibility index (Phi) is 4.43. The van der Waals surface area contributed by atoms with Gasteiger partial charge in [0.1, 0.15) is 5.75 Å². The Bertz CT molecular complexity index is 810. The van der Waals surface area contributed by atoms with Crippen LogP contribution in [0.3, 0.4) is 0 Å². The van der Waals surface area contributed by atoms with Crippen molar-refractivity contribution in [2.24, 2.45) is 0 Å². The number of aromatic hydroxyl groups is 1. The van der Waals surface area contributed by atoms with Crippen LogP contribution >= 0.6 is 11.6 Å². The maximum absolute atomic E-state index is 12.2. The van der Waals surface area contributed by atoms with Crippen molar-refractivity contribution < 1.29 is 14.7 Å². The van der Waals surface area contributed by atoms with Gasteiger partial charge in [0.2, 0.25) is 0 Å². The largest absolute Gasteiger partial charge is 0.506 e. The lowest BCUT2D eigenvalue weighted by atomic mass is 10.1. The van der Waals surface area contributed by atoms with E-state index in [1.165, 1.54) is 18.2 Å². The van der Waals surface area contributed by atoms with E-state index in [1.807, 2.05) is 0 Å². The highest BCUT2D eigenvalue weighted by molar-refractivity contribution is 6.32. The van der Waals surface area contributed by atoms with Gasteiger partial charge in [-0.3, -0.25) is 10.1 Å². The molecular formula is C16H15ClN4O3. The Hall–Kier alpha value is -2.93. The van der Waals surface area contributed by atoms with Crippen LogP contribution in [0.4, 0.5) is 21.9 Å². The van der Waals surface area contributed by atoms with Gasteiger partial charge in [-0.2, -0.15) is 0 Å². The number of benzene rings is 2. The lowest BCUT2D eigenvalue weighted by Gasteiger charge is -2.20. The summed E-state index contributed by atoms with van der Waals surface area (Å²) >= 11 is 5.76. The quantitative estimate of drug-likeness (QED) is 0.538. The number of fused-ring (bicyclic) bond motifs is 1. The minimum absolute atomic E-state index is 0.0890. The summed E-state index contributed by atoms with van der Waals surface area (Å²) in [5.74, 6) is -0.610. The highest BCUT2D eigenvalue weighted by Gasteiger charge is 2.14. The molecule has 0 fully saturated rings. The van der Waals surface area contributed by atoms with Crippen LogP contribution in [0.2, 0.25) is 5.02 Å². The van der Waals surface area contributed by atoms with Gasteiger partial charge in [0, 0.05) is 24.3 Å². The molecule has 0 atom stereocenters. The van der Waals surface area contributed by atoms with Crippen molar-refractivity contribution in [3.8, 4) is 5.75 Å². The van der Waals surface area contributed by atoms with E-state index >= 15 is 0 Å². The Morgan fingerprint density at radius 2 is 1.79 bits per heavy atom. The summed E-state index contributed by atoms with van der Waals surface area (Å²) in [5.41, 5.74) is 2.46. The Labute approximate surface area is 143 Å². The molecule has 2 aromatic rings. The van der Waals surface area contributed by atoms with Crippen molar-refractivity contribution in [3.05, 3.63) is 47.0 Å². The van der Waals surface area contributed by atoms with Crippen molar-refractivity contribution in [1.82, 2.24) is 5.32 Å². The first-order valence-corrected chi connectivity index (χ1v) is 7.63. The molecule has 0 aromatic heterocycles. The number of amides is 3. The number of phenolic OH excluding ortho intramolecular Hbond substituents is 1. The SMILES string of the molecule is O=C(NC(=O)c1ccc2c(c1)NCCN2)Nc1ccc(O)c(Cl)c1. The van der Waals surface area contributed by atoms with E-state index in [9.17, 15) is 14.7 Å². The van der Waals surface area contributed by atoms with Gasteiger partial charge < -0.3 is 21.1 Å². The van der Waals surface area contributed by atoms with Crippen molar-refractivity contribution in [1.29, 1.82) is 0 Å². The maximum atomic E-state index is 12.2. The van der Waals surface area contributed by atoms with E-state index in [4.69, 9.17) is 11.6 Å². The molecule has 3 amide bonds. The number of carbonyl (C=O) groups excluding carboxylic acids is 2. The second kappa shape index (κ2) is 6.67. The van der Waals surface area contributed by atoms with Crippen LogP contribution in [0.15, 0.2) is 36.4 Å². The van der Waals surface area contributed by atoms with E-state index in [-0.39, 0.29) is 10.8 Å². The molecule has 0 aliphatic carbocycles. The Morgan fingerprint density at radius 3 is 2.54 bits per heavy atom. The lowest BCUT2D eigenvalue weighted by Crippen LogP contribution is -2.34. The molecule has 0 bridgehead atoms. The summed E-state index contributed by atoms with van der Waals surface area (Å²) < 4.78 is 0. The molecule has 0 saturated carbocycles. The molecule has 124 valence electrons. The minimum atomic E-state index is -0.689. The standard InChI is InChI=1S/C16H15ClN4O3/c17-11-8-10(2-4-14(11)22)20-16(24)21-15(23)9-1-3-12-13(7-9)19-6-5-18-12/h1-4,7-8,18-19,22H,5-6H2,(H2,20,21,23,24). The third-order valence-electron chi connectivity index (χ3n) is 3.47. The lowest BCUT2D eigenvalue weighted by molar-refractivity contribution is 0.0967. The molecule has 1 aliphatic rings. The molecule has 0 saturated heterocycles. The van der Waals surface area contributed by atoms with Crippen LogP contribution in [-0.4, -0.2) is 30.1 Å². The second-order valence-electron chi connectivity index (χ2n) is 5.19. The zero-order valence-corrected chi connectivity index (χ0v) is 13.3. The molecule has 24 heavy (non-hydrogen) atoms. The van der Waals surface area contributed by atoms with Gasteiger partial charge in [0.15, 0.2) is 0 Å². The Morgan fingerprint density at radius 1 is 1.04 bits per heavy atom. The fourth-order valence-electron chi connectivity index (χ4n) is 2.30. The first-order valence-electron chi connectivity index (χ1n) is 7.25. The van der Waals surface area contributed by atoms with Crippen LogP contribution in [0, 0.1) is 0 Å². The van der Waals surface area contributed by atoms with Crippen LogP contribution in [0.25, 0.3) is 0 Å². The molecule has 0 radical (unpaired) electrons. The average Bonchev–Trinajstić information content (AvgIpc) is 2.57. The number of hydrogen-bond acceptors (Lipinski definition) is 5. The summed E-state index contributed by atoms with van der Waals surface area (Å²) in [6, 6.07) is 8.62. The number of urea groups is 1. The van der Waals surface area contributed by atoms with E-state index in [1.54, 1.807) is 18.2 Å². The van der Waals surface area contributed by atoms with Crippen LogP contribution in [0.5, 0.6) is 5.75 Å². The summed E-state index contributed by atoms with van der Waals surface area (Å²) in [5, 5.41) is 20.6. The fraction of sp³-hybridized carbons (Fsp3) is 0.125. The summed E-state index contributed by atoms with van der Waals surface area (Å²) in [4.78, 5) is 24.1. The Balaban J connectivity index is 1.65. The number of carbonyl (C=O) groups is 2. The van der Waals surface area contributed by atoms with Crippen molar-refractivity contribution in [2.75, 3.05) is 29.0 Å². The zero-order valence-electron chi connectivity index (χ0n) is 12.5. The van der Waals surface area contributed by atoms with E-state index < -0.39 is 11.9 Å². The summed E-state index contributed by atoms with van der Waals surface area (Å²) in [7, 11) is 0. The third kappa shape index (κ3) is 3.52. The number of rotatable bonds is 2. The van der Waals surface area contributed by atoms with Crippen LogP contribution in [-0.2, 0) is 0 Å². The zero-order chi connectivity index (χ0) is 17.1. The van der Waals surface area contributed by atoms with E-state index in [2.05, 4.69) is 21.3 Å². The number of nitrogens with one attached hydrogen (secondary N) is 4. The smallest absolute Gasteiger partial charge is 0.326 e. The summed E-state index contributed by atoms with van der Waals surface area (Å²) in [6.45, 7) is 1.58. The molecule has 0 unspecified atom stereocenters. The topological polar surface area (TPSA) is 102 Å². The van der Waals surface area contributed by atoms with E-state index in [0.29, 0.717) is 11.3 Å². The maximum Gasteiger partial charge on any atom is 0.326 e. The van der Waals surface area contributed by atoms with Gasteiger partial charge >= 0.3 is 6.03 Å². The van der Waals surface area contributed by atoms with Crippen LogP contribution in [0.1, 0.15) is 10.4 Å². The molecule has 8 heteroatoms. The number of phenols is 1. The normalized spacial score (nSPS) is 12.4. The van der Waals surface area contributed by atoms with Gasteiger partial charge in [-0.25, -0.2) is 4.79 Å². The van der Waals surface area contributed by atoms with Gasteiger partial charge in [-0.1, -0.05) is 11.6 Å². The van der Waals surface area contributed by atoms with Crippen LogP contribution < -0.4 is 21.3 Å². The van der Waals surface area contributed by atoms with Crippen molar-refractivity contribution in [3.63, 3.8) is 0 Å². The molecular weight excluding hydrogens is 332 g/mol. The predicted molar refractivity (Wildman–Crippen MR) is 93.0 cm³/mol. The van der Waals surface area contributed by atoms with Crippen molar-refractivity contribution >= 4 is 40.6 Å². The molecule has 5 N–H and O–H groups in total. The van der Waals surface area contributed by atoms with Gasteiger partial charge in [-0.05, 0) is 36.4 Å². The fourth-order valence-corrected chi connectivity index (χ4v) is 2.48. The molecule has 0 spiro atoms. The van der Waals surface area contributed by atoms with Gasteiger partial charge in [-0.15, -0.1) is 0 Å². The highest BCUT2D eigenvalue weighted by Crippen LogP contribution is 2.26. The first kappa shape index (κ1) is 15.9. The highest BCUT2D eigenvalue weighted by atomic mass is 35.5. The molecule has 1 heterocycles. The van der Waals surface area contributed by atoms with Crippen molar-refractivity contribution in [2.45, 2.75) is 0 Å². The third-order valence-corrected chi connectivity index (χ3v) is 3.77. The predicted octanol–water partition coefficient (Wildman–Crippen LogP) is 2.84.